The molecule has 0 bridgehead atoms. The van der Waals surface area contributed by atoms with Gasteiger partial charge in [0.25, 0.3) is 0 Å². The number of aromatic nitrogens is 1. The van der Waals surface area contributed by atoms with Crippen LogP contribution in [-0.2, 0) is 6.54 Å². The molecule has 0 radical (unpaired) electrons. The fourth-order valence-electron chi connectivity index (χ4n) is 3.01. The van der Waals surface area contributed by atoms with E-state index in [0.29, 0.717) is 6.54 Å². The molecule has 0 unspecified atom stereocenters. The molecule has 0 spiro atoms. The van der Waals surface area contributed by atoms with Crippen molar-refractivity contribution >= 4 is 60.8 Å². The lowest BCUT2D eigenvalue weighted by Gasteiger charge is -2.07. The minimum absolute atomic E-state index is 0. The second-order valence-corrected chi connectivity index (χ2v) is 8.91. The van der Waals surface area contributed by atoms with E-state index in [9.17, 15) is 4.79 Å². The van der Waals surface area contributed by atoms with E-state index in [4.69, 9.17) is 0 Å². The lowest BCUT2D eigenvalue weighted by Crippen LogP contribution is -3.00. The van der Waals surface area contributed by atoms with Gasteiger partial charge < -0.3 is 17.0 Å². The Hall–Kier alpha value is -0.770. The molecule has 2 aromatic carbocycles. The van der Waals surface area contributed by atoms with Gasteiger partial charge in [-0.05, 0) is 59.0 Å². The number of carbonyl (C=O) groups excluding carboxylic acids is 1. The number of nitrogens with zero attached hydrogens (tertiary/aromatic N) is 2. The predicted octanol–water partition coefficient (Wildman–Crippen LogP) is 1.78. The molecule has 1 aromatic heterocycles. The number of halogens is 3. The second-order valence-electron chi connectivity index (χ2n) is 5.91. The summed E-state index contributed by atoms with van der Waals surface area (Å²) in [6.07, 6.45) is 0. The highest BCUT2D eigenvalue weighted by molar-refractivity contribution is 14.1. The van der Waals surface area contributed by atoms with Gasteiger partial charge in [0, 0.05) is 24.5 Å². The van der Waals surface area contributed by atoms with Crippen molar-refractivity contribution in [2.45, 2.75) is 6.54 Å². The summed E-state index contributed by atoms with van der Waals surface area (Å²) in [6, 6.07) is 16.2. The third-order valence-corrected chi connectivity index (χ3v) is 6.58. The maximum absolute atomic E-state index is 12.6. The first-order valence-electron chi connectivity index (χ1n) is 7.93. The Bertz CT molecular complexity index is 926. The van der Waals surface area contributed by atoms with Crippen molar-refractivity contribution in [2.75, 3.05) is 18.0 Å². The Kier molecular flexibility index (Phi) is 6.53. The molecule has 0 atom stereocenters. The van der Waals surface area contributed by atoms with E-state index in [1.165, 1.54) is 20.0 Å². The van der Waals surface area contributed by atoms with Crippen LogP contribution in [-0.4, -0.2) is 18.9 Å². The molecule has 0 aliphatic carbocycles. The third kappa shape index (κ3) is 4.05. The molecule has 4 rings (SSSR count). The van der Waals surface area contributed by atoms with Gasteiger partial charge in [-0.3, -0.25) is 4.79 Å². The monoisotopic (exact) mass is 604 g/mol. The number of fused-ring (bicyclic) bond motifs is 1. The molecule has 3 nitrogen and oxygen atoms in total. The van der Waals surface area contributed by atoms with Crippen molar-refractivity contribution in [2.24, 2.45) is 0 Å². The van der Waals surface area contributed by atoms with Gasteiger partial charge in [-0.2, -0.15) is 0 Å². The maximum Gasteiger partial charge on any atom is 0.337 e. The minimum atomic E-state index is 0. The van der Waals surface area contributed by atoms with Gasteiger partial charge in [0.1, 0.15) is 25.3 Å². The molecule has 0 amide bonds. The molecule has 1 aliphatic heterocycles. The number of hydrogen-bond acceptors (Lipinski definition) is 3. The zero-order valence-electron chi connectivity index (χ0n) is 13.7. The van der Waals surface area contributed by atoms with Gasteiger partial charge in [-0.1, -0.05) is 39.4 Å². The van der Waals surface area contributed by atoms with Gasteiger partial charge in [-0.25, -0.2) is 9.47 Å². The number of rotatable bonds is 4. The first kappa shape index (κ1) is 20.0. The van der Waals surface area contributed by atoms with Crippen LogP contribution in [0.25, 0.3) is 11.3 Å². The topological polar surface area (TPSA) is 24.2 Å². The van der Waals surface area contributed by atoms with Crippen molar-refractivity contribution in [3.05, 3.63) is 67.5 Å². The Balaban J connectivity index is 0.00000196. The summed E-state index contributed by atoms with van der Waals surface area (Å²) in [5.74, 6) is 0.158. The fraction of sp³-hybridized carbons (Fsp3) is 0.158. The molecule has 1 aliphatic rings. The number of thiazole rings is 1. The summed E-state index contributed by atoms with van der Waals surface area (Å²) in [7, 11) is 0. The van der Waals surface area contributed by atoms with Crippen LogP contribution in [0, 0.1) is 3.57 Å². The molecule has 26 heavy (non-hydrogen) atoms. The lowest BCUT2D eigenvalue weighted by atomic mass is 10.1. The van der Waals surface area contributed by atoms with Crippen molar-refractivity contribution in [3.63, 3.8) is 0 Å². The van der Waals surface area contributed by atoms with Gasteiger partial charge in [0.15, 0.2) is 0 Å². The molecular weight excluding hydrogens is 591 g/mol. The highest BCUT2D eigenvalue weighted by Crippen LogP contribution is 2.29. The highest BCUT2D eigenvalue weighted by atomic mass is 127. The highest BCUT2D eigenvalue weighted by Gasteiger charge is 2.33. The molecule has 0 fully saturated rings. The van der Waals surface area contributed by atoms with Crippen molar-refractivity contribution in [1.29, 1.82) is 0 Å². The summed E-state index contributed by atoms with van der Waals surface area (Å²) >= 11 is 7.44. The first-order chi connectivity index (χ1) is 12.1. The molecule has 3 aromatic rings. The van der Waals surface area contributed by atoms with Crippen LogP contribution in [0.15, 0.2) is 58.4 Å². The van der Waals surface area contributed by atoms with E-state index < -0.39 is 0 Å². The van der Waals surface area contributed by atoms with Crippen LogP contribution in [0.2, 0.25) is 0 Å². The van der Waals surface area contributed by atoms with E-state index in [1.54, 1.807) is 11.3 Å². The van der Waals surface area contributed by atoms with E-state index in [-0.39, 0.29) is 22.8 Å². The fourth-order valence-corrected chi connectivity index (χ4v) is 4.73. The second kappa shape index (κ2) is 8.50. The molecular formula is C19H15Br2IN2OS. The summed E-state index contributed by atoms with van der Waals surface area (Å²) in [5, 5.41) is 3.35. The van der Waals surface area contributed by atoms with Crippen LogP contribution in [0.5, 0.6) is 0 Å². The van der Waals surface area contributed by atoms with E-state index in [2.05, 4.69) is 77.6 Å². The summed E-state index contributed by atoms with van der Waals surface area (Å²) < 4.78 is 4.55. The standard InChI is InChI=1S/C19H15BrIN2OS.BrH/c20-15-5-1-14(2-6-15)18(24)11-22-9-10-23-17(12-25-19(22)23)13-3-7-16(21)8-4-13;/h1-8,12H,9-11H2;1H/q+1;/p-1. The normalized spacial score (nSPS) is 12.6. The van der Waals surface area contributed by atoms with Gasteiger partial charge in [-0.15, -0.1) is 0 Å². The average Bonchev–Trinajstić information content (AvgIpc) is 3.19. The van der Waals surface area contributed by atoms with Gasteiger partial charge in [0.05, 0.1) is 0 Å². The van der Waals surface area contributed by atoms with E-state index in [0.717, 1.165) is 23.1 Å². The van der Waals surface area contributed by atoms with Crippen LogP contribution in [0.1, 0.15) is 10.4 Å². The molecule has 0 N–H and O–H groups in total. The van der Waals surface area contributed by atoms with Gasteiger partial charge in [0.2, 0.25) is 5.78 Å². The van der Waals surface area contributed by atoms with Crippen LogP contribution >= 0.6 is 49.9 Å². The zero-order chi connectivity index (χ0) is 17.4. The summed E-state index contributed by atoms with van der Waals surface area (Å²) in [5.41, 5.74) is 3.22. The number of anilines is 1. The Morgan fingerprint density at radius 2 is 1.85 bits per heavy atom. The number of benzene rings is 2. The number of hydrogen-bond donors (Lipinski definition) is 0. The predicted molar refractivity (Wildman–Crippen MR) is 113 cm³/mol. The third-order valence-electron chi connectivity index (χ3n) is 4.30. The van der Waals surface area contributed by atoms with E-state index >= 15 is 0 Å². The molecule has 2 heterocycles. The molecule has 134 valence electrons. The smallest absolute Gasteiger partial charge is 0.337 e. The minimum Gasteiger partial charge on any atom is -1.00 e. The van der Waals surface area contributed by atoms with Crippen LogP contribution in [0.3, 0.4) is 0 Å². The molecule has 0 saturated carbocycles. The SMILES string of the molecule is O=C(CN1CC[n+]2c(-c3ccc(I)cc3)csc21)c1ccc(Br)cc1.[Br-]. The quantitative estimate of drug-likeness (QED) is 0.257. The Labute approximate surface area is 189 Å². The summed E-state index contributed by atoms with van der Waals surface area (Å²) in [4.78, 5) is 14.8. The van der Waals surface area contributed by atoms with Crippen molar-refractivity contribution in [1.82, 2.24) is 0 Å². The number of carbonyl (C=O) groups is 1. The maximum atomic E-state index is 12.6. The Morgan fingerprint density at radius 3 is 2.54 bits per heavy atom. The average molecular weight is 606 g/mol. The van der Waals surface area contributed by atoms with Gasteiger partial charge >= 0.3 is 5.13 Å². The summed E-state index contributed by atoms with van der Waals surface area (Å²) in [6.45, 7) is 2.23. The number of ketones is 1. The Morgan fingerprint density at radius 1 is 1.15 bits per heavy atom. The van der Waals surface area contributed by atoms with Crippen LogP contribution in [0.4, 0.5) is 5.13 Å². The lowest BCUT2D eigenvalue weighted by molar-refractivity contribution is -0.656. The zero-order valence-corrected chi connectivity index (χ0v) is 19.8. The van der Waals surface area contributed by atoms with Crippen molar-refractivity contribution < 1.29 is 26.3 Å². The largest absolute Gasteiger partial charge is 1.00 e. The van der Waals surface area contributed by atoms with Crippen molar-refractivity contribution in [3.8, 4) is 11.3 Å². The number of Topliss-reactive ketones (excluding diaryl/α,β-unsaturated/α-hetero) is 1. The first-order valence-corrected chi connectivity index (χ1v) is 10.7. The molecule has 7 heteroatoms. The van der Waals surface area contributed by atoms with E-state index in [1.807, 2.05) is 24.3 Å². The van der Waals surface area contributed by atoms with Crippen LogP contribution < -0.4 is 26.4 Å². The molecule has 0 saturated heterocycles.